The molecule has 0 spiro atoms. The van der Waals surface area contributed by atoms with E-state index < -0.39 is 0 Å². The van der Waals surface area contributed by atoms with Gasteiger partial charge in [-0.2, -0.15) is 0 Å². The third-order valence-corrected chi connectivity index (χ3v) is 4.76. The summed E-state index contributed by atoms with van der Waals surface area (Å²) in [6, 6.07) is 17.2. The van der Waals surface area contributed by atoms with Crippen molar-refractivity contribution in [3.8, 4) is 0 Å². The van der Waals surface area contributed by atoms with Crippen LogP contribution >= 0.6 is 15.9 Å². The van der Waals surface area contributed by atoms with Crippen LogP contribution in [-0.4, -0.2) is 36.3 Å². The Balaban J connectivity index is 1.45. The predicted octanol–water partition coefficient (Wildman–Crippen LogP) is 3.00. The van der Waals surface area contributed by atoms with Crippen molar-refractivity contribution >= 4 is 33.3 Å². The summed E-state index contributed by atoms with van der Waals surface area (Å²) in [6.07, 6.45) is 3.06. The Morgan fingerprint density at radius 1 is 1.00 bits per heavy atom. The van der Waals surface area contributed by atoms with Crippen LogP contribution in [0.1, 0.15) is 22.3 Å². The fourth-order valence-electron chi connectivity index (χ4n) is 2.81. The second kappa shape index (κ2) is 8.78. The Morgan fingerprint density at radius 2 is 1.73 bits per heavy atom. The molecule has 0 aromatic heterocycles. The number of amides is 2. The summed E-state index contributed by atoms with van der Waals surface area (Å²) in [7, 11) is 0. The van der Waals surface area contributed by atoms with Gasteiger partial charge < -0.3 is 0 Å². The maximum Gasteiger partial charge on any atom is 0.269 e. The first-order valence-corrected chi connectivity index (χ1v) is 9.22. The summed E-state index contributed by atoms with van der Waals surface area (Å²) in [6.45, 7) is 1.78. The van der Waals surface area contributed by atoms with E-state index in [-0.39, 0.29) is 18.4 Å². The molecule has 5 nitrogen and oxygen atoms in total. The molecular weight excluding hydrogens is 394 g/mol. The predicted molar refractivity (Wildman–Crippen MR) is 105 cm³/mol. The summed E-state index contributed by atoms with van der Waals surface area (Å²) >= 11 is 3.32. The minimum absolute atomic E-state index is 0.230. The van der Waals surface area contributed by atoms with Gasteiger partial charge in [-0.1, -0.05) is 52.3 Å². The maximum atomic E-state index is 12.1. The molecule has 2 aromatic carbocycles. The third-order valence-electron chi connectivity index (χ3n) is 4.23. The average Bonchev–Trinajstić information content (AvgIpc) is 2.68. The lowest BCUT2D eigenvalue weighted by molar-refractivity contribution is -0.122. The van der Waals surface area contributed by atoms with Gasteiger partial charge in [0.1, 0.15) is 0 Å². The van der Waals surface area contributed by atoms with Gasteiger partial charge in [0.05, 0.1) is 6.54 Å². The molecular formula is C20H20BrN3O2. The SMILES string of the molecule is O=C(CN1CC=C(c2ccccc2)CC1)NNC(=O)c1ccc(Br)cc1. The van der Waals surface area contributed by atoms with Crippen LogP contribution in [0.4, 0.5) is 0 Å². The van der Waals surface area contributed by atoms with Crippen LogP contribution in [0.3, 0.4) is 0 Å². The lowest BCUT2D eigenvalue weighted by Gasteiger charge is -2.25. The molecule has 1 heterocycles. The van der Waals surface area contributed by atoms with Crippen LogP contribution in [0.2, 0.25) is 0 Å². The highest BCUT2D eigenvalue weighted by Crippen LogP contribution is 2.21. The smallest absolute Gasteiger partial charge is 0.269 e. The lowest BCUT2D eigenvalue weighted by atomic mass is 10.00. The Hall–Kier alpha value is -2.44. The van der Waals surface area contributed by atoms with Crippen LogP contribution in [0, 0.1) is 0 Å². The number of hydrazine groups is 1. The molecule has 2 amide bonds. The zero-order chi connectivity index (χ0) is 18.4. The van der Waals surface area contributed by atoms with Crippen LogP contribution in [0.15, 0.2) is 65.1 Å². The molecule has 0 saturated carbocycles. The van der Waals surface area contributed by atoms with Crippen molar-refractivity contribution in [3.63, 3.8) is 0 Å². The Kier molecular flexibility index (Phi) is 6.20. The second-order valence-electron chi connectivity index (χ2n) is 6.09. The van der Waals surface area contributed by atoms with E-state index >= 15 is 0 Å². The molecule has 0 aliphatic carbocycles. The largest absolute Gasteiger partial charge is 0.290 e. The Bertz CT molecular complexity index is 804. The van der Waals surface area contributed by atoms with Crippen molar-refractivity contribution in [2.75, 3.05) is 19.6 Å². The number of halogens is 1. The Morgan fingerprint density at radius 3 is 2.38 bits per heavy atom. The third kappa shape index (κ3) is 5.03. The molecule has 1 aliphatic rings. The highest BCUT2D eigenvalue weighted by Gasteiger charge is 2.16. The highest BCUT2D eigenvalue weighted by atomic mass is 79.9. The van der Waals surface area contributed by atoms with Crippen LogP contribution in [0.5, 0.6) is 0 Å². The molecule has 0 fully saturated rings. The number of hydrogen-bond acceptors (Lipinski definition) is 3. The second-order valence-corrected chi connectivity index (χ2v) is 7.01. The van der Waals surface area contributed by atoms with Gasteiger partial charge in [-0.25, -0.2) is 0 Å². The van der Waals surface area contributed by atoms with Gasteiger partial charge in [-0.3, -0.25) is 25.3 Å². The van der Waals surface area contributed by atoms with Gasteiger partial charge in [0.25, 0.3) is 11.8 Å². The molecule has 6 heteroatoms. The zero-order valence-electron chi connectivity index (χ0n) is 14.2. The lowest BCUT2D eigenvalue weighted by Crippen LogP contribution is -2.47. The molecule has 2 aromatic rings. The zero-order valence-corrected chi connectivity index (χ0v) is 15.8. The van der Waals surface area contributed by atoms with Crippen molar-refractivity contribution < 1.29 is 9.59 Å². The van der Waals surface area contributed by atoms with Gasteiger partial charge in [-0.05, 0) is 41.8 Å². The fraction of sp³-hybridized carbons (Fsp3) is 0.200. The van der Waals surface area contributed by atoms with E-state index in [1.54, 1.807) is 24.3 Å². The number of benzene rings is 2. The summed E-state index contributed by atoms with van der Waals surface area (Å²) in [5.74, 6) is -0.567. The van der Waals surface area contributed by atoms with Gasteiger partial charge in [0.15, 0.2) is 0 Å². The van der Waals surface area contributed by atoms with E-state index in [0.29, 0.717) is 5.56 Å². The minimum atomic E-state index is -0.337. The number of carbonyl (C=O) groups is 2. The topological polar surface area (TPSA) is 61.4 Å². The van der Waals surface area contributed by atoms with Crippen LogP contribution < -0.4 is 10.9 Å². The van der Waals surface area contributed by atoms with Gasteiger partial charge in [0, 0.05) is 23.1 Å². The van der Waals surface area contributed by atoms with E-state index in [2.05, 4.69) is 45.0 Å². The van der Waals surface area contributed by atoms with Crippen molar-refractivity contribution in [2.45, 2.75) is 6.42 Å². The molecule has 0 atom stereocenters. The first-order valence-electron chi connectivity index (χ1n) is 8.43. The quantitative estimate of drug-likeness (QED) is 0.757. The number of carbonyl (C=O) groups excluding carboxylic acids is 2. The van der Waals surface area contributed by atoms with E-state index in [1.807, 2.05) is 23.1 Å². The molecule has 0 bridgehead atoms. The van der Waals surface area contributed by atoms with Crippen molar-refractivity contribution in [1.29, 1.82) is 0 Å². The fourth-order valence-corrected chi connectivity index (χ4v) is 3.08. The number of rotatable bonds is 4. The van der Waals surface area contributed by atoms with Gasteiger partial charge in [0.2, 0.25) is 0 Å². The number of nitrogens with one attached hydrogen (secondary N) is 2. The molecule has 1 aliphatic heterocycles. The first-order chi connectivity index (χ1) is 12.6. The Labute approximate surface area is 161 Å². The van der Waals surface area contributed by atoms with E-state index in [9.17, 15) is 9.59 Å². The molecule has 0 saturated heterocycles. The molecule has 0 unspecified atom stereocenters. The normalized spacial score (nSPS) is 14.4. The monoisotopic (exact) mass is 413 g/mol. The van der Waals surface area contributed by atoms with Crippen molar-refractivity contribution in [3.05, 3.63) is 76.3 Å². The average molecular weight is 414 g/mol. The molecule has 134 valence electrons. The van der Waals surface area contributed by atoms with Crippen LogP contribution in [-0.2, 0) is 4.79 Å². The van der Waals surface area contributed by atoms with E-state index in [1.165, 1.54) is 11.1 Å². The minimum Gasteiger partial charge on any atom is -0.290 e. The van der Waals surface area contributed by atoms with E-state index in [4.69, 9.17) is 0 Å². The van der Waals surface area contributed by atoms with Crippen LogP contribution in [0.25, 0.3) is 5.57 Å². The van der Waals surface area contributed by atoms with Crippen molar-refractivity contribution in [2.24, 2.45) is 0 Å². The molecule has 3 rings (SSSR count). The summed E-state index contributed by atoms with van der Waals surface area (Å²) < 4.78 is 0.895. The number of nitrogens with zero attached hydrogens (tertiary/aromatic N) is 1. The van der Waals surface area contributed by atoms with E-state index in [0.717, 1.165) is 24.0 Å². The maximum absolute atomic E-state index is 12.1. The summed E-state index contributed by atoms with van der Waals surface area (Å²) in [5.41, 5.74) is 7.95. The molecule has 0 radical (unpaired) electrons. The van der Waals surface area contributed by atoms with Crippen molar-refractivity contribution in [1.82, 2.24) is 15.8 Å². The standard InChI is InChI=1S/C20H20BrN3O2/c21-18-8-6-17(7-9-18)20(26)23-22-19(25)14-24-12-10-16(11-13-24)15-4-2-1-3-5-15/h1-10H,11-14H2,(H,22,25)(H,23,26). The molecule has 26 heavy (non-hydrogen) atoms. The van der Waals surface area contributed by atoms with Gasteiger partial charge in [-0.15, -0.1) is 0 Å². The number of hydrogen-bond donors (Lipinski definition) is 2. The molecule has 2 N–H and O–H groups in total. The van der Waals surface area contributed by atoms with Gasteiger partial charge >= 0.3 is 0 Å². The summed E-state index contributed by atoms with van der Waals surface area (Å²) in [4.78, 5) is 26.1. The highest BCUT2D eigenvalue weighted by molar-refractivity contribution is 9.10. The first kappa shape index (κ1) is 18.4. The summed E-state index contributed by atoms with van der Waals surface area (Å²) in [5, 5.41) is 0.